The molecule has 0 aliphatic heterocycles. The molecule has 9 nitrogen and oxygen atoms in total. The van der Waals surface area contributed by atoms with Crippen LogP contribution in [-0.2, 0) is 6.42 Å². The van der Waals surface area contributed by atoms with Gasteiger partial charge in [-0.3, -0.25) is 24.5 Å². The maximum absolute atomic E-state index is 12.4. The van der Waals surface area contributed by atoms with E-state index in [0.717, 1.165) is 12.1 Å². The van der Waals surface area contributed by atoms with Gasteiger partial charge in [0.25, 0.3) is 17.2 Å². The molecule has 9 heteroatoms. The van der Waals surface area contributed by atoms with E-state index in [1.165, 1.54) is 12.1 Å². The Balaban J connectivity index is 1.95. The minimum atomic E-state index is -0.808. The average Bonchev–Trinajstić information content (AvgIpc) is 2.61. The number of rotatable bonds is 3. The zero-order valence-corrected chi connectivity index (χ0v) is 13.4. The number of nitrogens with zero attached hydrogens (tertiary/aromatic N) is 2. The van der Waals surface area contributed by atoms with Crippen LogP contribution in [0.2, 0.25) is 0 Å². The lowest BCUT2D eigenvalue weighted by Crippen LogP contribution is -2.27. The minimum absolute atomic E-state index is 0.0338. The van der Waals surface area contributed by atoms with Gasteiger partial charge in [0.1, 0.15) is 11.6 Å². The Hall–Kier alpha value is -3.80. The minimum Gasteiger partial charge on any atom is -0.325 e. The molecule has 0 saturated carbocycles. The highest BCUT2D eigenvalue weighted by Crippen LogP contribution is 2.23. The van der Waals surface area contributed by atoms with Crippen LogP contribution in [0.4, 0.5) is 11.4 Å². The normalized spacial score (nSPS) is 12.8. The van der Waals surface area contributed by atoms with Crippen LogP contribution in [0.5, 0.6) is 0 Å². The first kappa shape index (κ1) is 17.0. The van der Waals surface area contributed by atoms with Crippen molar-refractivity contribution in [2.45, 2.75) is 19.3 Å². The second-order valence-electron chi connectivity index (χ2n) is 5.73. The molecular weight excluding hydrogens is 340 g/mol. The fourth-order valence-corrected chi connectivity index (χ4v) is 2.78. The van der Waals surface area contributed by atoms with Gasteiger partial charge < -0.3 is 10.3 Å². The summed E-state index contributed by atoms with van der Waals surface area (Å²) in [6.45, 7) is 0. The second kappa shape index (κ2) is 6.60. The van der Waals surface area contributed by atoms with Gasteiger partial charge in [-0.25, -0.2) is 0 Å². The number of pyridine rings is 1. The van der Waals surface area contributed by atoms with Gasteiger partial charge in [0, 0.05) is 29.8 Å². The summed E-state index contributed by atoms with van der Waals surface area (Å²) >= 11 is 0. The Morgan fingerprint density at radius 1 is 1.27 bits per heavy atom. The van der Waals surface area contributed by atoms with E-state index in [1.54, 1.807) is 6.07 Å². The van der Waals surface area contributed by atoms with Crippen molar-refractivity contribution in [3.05, 3.63) is 67.1 Å². The lowest BCUT2D eigenvalue weighted by molar-refractivity contribution is -0.384. The van der Waals surface area contributed by atoms with E-state index in [9.17, 15) is 24.5 Å². The quantitative estimate of drug-likeness (QED) is 0.637. The molecule has 0 unspecified atom stereocenters. The average molecular weight is 352 g/mol. The molecule has 1 heterocycles. The molecule has 1 aromatic heterocycles. The van der Waals surface area contributed by atoms with Gasteiger partial charge in [0.15, 0.2) is 5.78 Å². The van der Waals surface area contributed by atoms with E-state index >= 15 is 0 Å². The largest absolute Gasteiger partial charge is 0.325 e. The molecule has 0 radical (unpaired) electrons. The van der Waals surface area contributed by atoms with Crippen molar-refractivity contribution >= 4 is 23.1 Å². The summed E-state index contributed by atoms with van der Waals surface area (Å²) in [5.41, 5.74) is -0.458. The predicted molar refractivity (Wildman–Crippen MR) is 90.1 cm³/mol. The van der Waals surface area contributed by atoms with Crippen LogP contribution in [0.3, 0.4) is 0 Å². The van der Waals surface area contributed by atoms with Gasteiger partial charge in [0.2, 0.25) is 0 Å². The SMILES string of the molecule is N#Cc1cc([N+](=O)[O-])ccc1NC(=O)c1cc2c([nH]c1=O)CCCC2=O. The highest BCUT2D eigenvalue weighted by molar-refractivity contribution is 6.07. The number of amides is 1. The van der Waals surface area contributed by atoms with Crippen LogP contribution in [-0.4, -0.2) is 21.6 Å². The standard InChI is InChI=1S/C17H12N4O5/c18-8-9-6-10(21(25)26)4-5-13(9)19-16(23)12-7-11-14(20-17(12)24)2-1-3-15(11)22/h4-7H,1-3H2,(H,19,23)(H,20,24). The van der Waals surface area contributed by atoms with Crippen molar-refractivity contribution < 1.29 is 14.5 Å². The van der Waals surface area contributed by atoms with Gasteiger partial charge in [-0.1, -0.05) is 0 Å². The first-order chi connectivity index (χ1) is 12.4. The molecule has 1 amide bonds. The second-order valence-corrected chi connectivity index (χ2v) is 5.73. The number of aryl methyl sites for hydroxylation is 1. The number of H-pyrrole nitrogens is 1. The molecule has 0 spiro atoms. The fourth-order valence-electron chi connectivity index (χ4n) is 2.78. The Morgan fingerprint density at radius 2 is 2.04 bits per heavy atom. The zero-order valence-electron chi connectivity index (χ0n) is 13.4. The molecule has 1 aliphatic carbocycles. The number of non-ortho nitro benzene ring substituents is 1. The number of Topliss-reactive ketones (excluding diaryl/α,β-unsaturated/α-hetero) is 1. The number of carbonyl (C=O) groups is 2. The summed E-state index contributed by atoms with van der Waals surface area (Å²) in [5.74, 6) is -0.956. The van der Waals surface area contributed by atoms with E-state index < -0.39 is 16.4 Å². The summed E-state index contributed by atoms with van der Waals surface area (Å²) < 4.78 is 0. The zero-order chi connectivity index (χ0) is 18.8. The Kier molecular flexibility index (Phi) is 4.33. The molecule has 0 saturated heterocycles. The van der Waals surface area contributed by atoms with Crippen molar-refractivity contribution in [3.63, 3.8) is 0 Å². The maximum Gasteiger partial charge on any atom is 0.270 e. The van der Waals surface area contributed by atoms with Gasteiger partial charge >= 0.3 is 0 Å². The number of nitro benzene ring substituents is 1. The molecule has 2 N–H and O–H groups in total. The van der Waals surface area contributed by atoms with Crippen LogP contribution in [0.1, 0.15) is 44.8 Å². The number of hydrogen-bond acceptors (Lipinski definition) is 6. The highest BCUT2D eigenvalue weighted by Gasteiger charge is 2.22. The first-order valence-electron chi connectivity index (χ1n) is 7.70. The smallest absolute Gasteiger partial charge is 0.270 e. The number of aromatic amines is 1. The van der Waals surface area contributed by atoms with Crippen molar-refractivity contribution in [2.24, 2.45) is 0 Å². The monoisotopic (exact) mass is 352 g/mol. The molecule has 0 bridgehead atoms. The van der Waals surface area contributed by atoms with E-state index in [2.05, 4.69) is 10.3 Å². The molecule has 130 valence electrons. The lowest BCUT2D eigenvalue weighted by Gasteiger charge is -2.15. The van der Waals surface area contributed by atoms with Gasteiger partial charge in [0.05, 0.1) is 16.2 Å². The molecular formula is C17H12N4O5. The van der Waals surface area contributed by atoms with Crippen LogP contribution in [0, 0.1) is 21.4 Å². The number of anilines is 1. The number of nitriles is 1. The molecule has 26 heavy (non-hydrogen) atoms. The number of ketones is 1. The van der Waals surface area contributed by atoms with E-state index in [1.807, 2.05) is 0 Å². The van der Waals surface area contributed by atoms with Gasteiger partial charge in [-0.05, 0) is 25.0 Å². The van der Waals surface area contributed by atoms with Crippen LogP contribution < -0.4 is 10.9 Å². The van der Waals surface area contributed by atoms with Crippen molar-refractivity contribution in [3.8, 4) is 6.07 Å². The van der Waals surface area contributed by atoms with E-state index in [-0.39, 0.29) is 28.3 Å². The lowest BCUT2D eigenvalue weighted by atomic mass is 9.93. The van der Waals surface area contributed by atoms with Crippen molar-refractivity contribution in [2.75, 3.05) is 5.32 Å². The Bertz CT molecular complexity index is 1050. The number of hydrogen-bond donors (Lipinski definition) is 2. The molecule has 1 aliphatic rings. The summed E-state index contributed by atoms with van der Waals surface area (Å²) in [6.07, 6.45) is 1.54. The maximum atomic E-state index is 12.4. The molecule has 1 aromatic carbocycles. The third-order valence-electron chi connectivity index (χ3n) is 4.08. The molecule has 3 rings (SSSR count). The predicted octanol–water partition coefficient (Wildman–Crippen LogP) is 1.93. The van der Waals surface area contributed by atoms with Crippen molar-refractivity contribution in [1.29, 1.82) is 5.26 Å². The van der Waals surface area contributed by atoms with Crippen LogP contribution in [0.25, 0.3) is 0 Å². The number of carbonyl (C=O) groups excluding carboxylic acids is 2. The highest BCUT2D eigenvalue weighted by atomic mass is 16.6. The van der Waals surface area contributed by atoms with E-state index in [0.29, 0.717) is 30.5 Å². The molecule has 0 fully saturated rings. The fraction of sp³-hybridized carbons (Fsp3) is 0.176. The van der Waals surface area contributed by atoms with Crippen LogP contribution in [0.15, 0.2) is 29.1 Å². The summed E-state index contributed by atoms with van der Waals surface area (Å²) in [6, 6.07) is 6.39. The number of nitrogens with one attached hydrogen (secondary N) is 2. The van der Waals surface area contributed by atoms with Crippen LogP contribution >= 0.6 is 0 Å². The summed E-state index contributed by atoms with van der Waals surface area (Å²) in [5, 5.41) is 22.3. The third kappa shape index (κ3) is 3.08. The summed E-state index contributed by atoms with van der Waals surface area (Å²) in [4.78, 5) is 49.2. The number of fused-ring (bicyclic) bond motifs is 1. The number of nitro groups is 1. The number of benzene rings is 1. The third-order valence-corrected chi connectivity index (χ3v) is 4.08. The van der Waals surface area contributed by atoms with Crippen molar-refractivity contribution in [1.82, 2.24) is 4.98 Å². The van der Waals surface area contributed by atoms with E-state index in [4.69, 9.17) is 5.26 Å². The summed E-state index contributed by atoms with van der Waals surface area (Å²) in [7, 11) is 0. The van der Waals surface area contributed by atoms with Gasteiger partial charge in [-0.15, -0.1) is 0 Å². The molecule has 0 atom stereocenters. The Morgan fingerprint density at radius 3 is 2.73 bits per heavy atom. The topological polar surface area (TPSA) is 146 Å². The molecule has 2 aromatic rings. The Labute approximate surface area is 146 Å². The van der Waals surface area contributed by atoms with Gasteiger partial charge in [-0.2, -0.15) is 5.26 Å². The first-order valence-corrected chi connectivity index (χ1v) is 7.70. The number of aromatic nitrogens is 1.